The van der Waals surface area contributed by atoms with E-state index < -0.39 is 0 Å². The van der Waals surface area contributed by atoms with Crippen LogP contribution in [0, 0.1) is 11.8 Å². The summed E-state index contributed by atoms with van der Waals surface area (Å²) >= 11 is 0. The lowest BCUT2D eigenvalue weighted by atomic mass is 9.67. The van der Waals surface area contributed by atoms with Gasteiger partial charge in [-0.15, -0.1) is 0 Å². The van der Waals surface area contributed by atoms with Crippen molar-refractivity contribution < 1.29 is 4.74 Å². The van der Waals surface area contributed by atoms with Crippen LogP contribution in [0.1, 0.15) is 28.5 Å². The molecule has 1 aliphatic heterocycles. The predicted molar refractivity (Wildman–Crippen MR) is 123 cm³/mol. The Morgan fingerprint density at radius 2 is 1.43 bits per heavy atom. The summed E-state index contributed by atoms with van der Waals surface area (Å²) in [5.74, 6) is 3.14. The SMILES string of the molecule is COc1ccc(CN2C[C@H]3[C@H](c4ccccc4)[C@H](c4ccccc4)C=C[C@@H]3C2)cc1. The molecule has 1 aliphatic carbocycles. The normalized spacial score (nSPS) is 25.8. The van der Waals surface area contributed by atoms with Crippen LogP contribution in [0.15, 0.2) is 97.1 Å². The first-order chi connectivity index (χ1) is 14.8. The summed E-state index contributed by atoms with van der Waals surface area (Å²) in [7, 11) is 1.72. The maximum atomic E-state index is 5.31. The average molecular weight is 396 g/mol. The second-order valence-electron chi connectivity index (χ2n) is 8.63. The van der Waals surface area contributed by atoms with Gasteiger partial charge >= 0.3 is 0 Å². The fourth-order valence-electron chi connectivity index (χ4n) is 5.42. The quantitative estimate of drug-likeness (QED) is 0.500. The van der Waals surface area contributed by atoms with Crippen molar-refractivity contribution in [3.05, 3.63) is 114 Å². The van der Waals surface area contributed by atoms with E-state index in [9.17, 15) is 0 Å². The standard InChI is InChI=1S/C28H29NO/c1-30-25-15-12-21(13-16-25)18-29-19-24-14-17-26(22-8-4-2-5-9-22)28(27(24)20-29)23-10-6-3-7-11-23/h2-17,24,26-28H,18-20H2,1H3/t24-,26+,27-,28-/m1/s1. The maximum absolute atomic E-state index is 5.31. The van der Waals surface area contributed by atoms with Gasteiger partial charge in [0.1, 0.15) is 5.75 Å². The highest BCUT2D eigenvalue weighted by molar-refractivity contribution is 5.36. The van der Waals surface area contributed by atoms with Crippen LogP contribution in [0.25, 0.3) is 0 Å². The maximum Gasteiger partial charge on any atom is 0.118 e. The molecule has 2 aliphatic rings. The molecule has 152 valence electrons. The van der Waals surface area contributed by atoms with Crippen molar-refractivity contribution in [2.75, 3.05) is 20.2 Å². The van der Waals surface area contributed by atoms with Crippen molar-refractivity contribution in [1.29, 1.82) is 0 Å². The summed E-state index contributed by atoms with van der Waals surface area (Å²) in [5.41, 5.74) is 4.25. The van der Waals surface area contributed by atoms with Crippen LogP contribution in [0.2, 0.25) is 0 Å². The first kappa shape index (κ1) is 19.1. The van der Waals surface area contributed by atoms with Crippen LogP contribution < -0.4 is 4.74 Å². The number of likely N-dealkylation sites (tertiary alicyclic amines) is 1. The number of benzene rings is 3. The highest BCUT2D eigenvalue weighted by Crippen LogP contribution is 2.49. The van der Waals surface area contributed by atoms with Crippen LogP contribution in [-0.4, -0.2) is 25.1 Å². The molecule has 3 aromatic rings. The van der Waals surface area contributed by atoms with Crippen LogP contribution in [0.3, 0.4) is 0 Å². The third kappa shape index (κ3) is 3.80. The number of allylic oxidation sites excluding steroid dienone is 1. The van der Waals surface area contributed by atoms with E-state index in [1.165, 1.54) is 16.7 Å². The topological polar surface area (TPSA) is 12.5 Å². The smallest absolute Gasteiger partial charge is 0.118 e. The molecule has 0 spiro atoms. The van der Waals surface area contributed by atoms with E-state index in [1.54, 1.807) is 7.11 Å². The molecule has 0 bridgehead atoms. The van der Waals surface area contributed by atoms with E-state index in [0.717, 1.165) is 25.4 Å². The zero-order valence-corrected chi connectivity index (χ0v) is 17.5. The molecule has 2 heteroatoms. The van der Waals surface area contributed by atoms with E-state index in [1.807, 2.05) is 0 Å². The summed E-state index contributed by atoms with van der Waals surface area (Å²) < 4.78 is 5.31. The van der Waals surface area contributed by atoms with E-state index in [4.69, 9.17) is 4.74 Å². The molecule has 0 radical (unpaired) electrons. The van der Waals surface area contributed by atoms with Gasteiger partial charge in [0.05, 0.1) is 7.11 Å². The van der Waals surface area contributed by atoms with Crippen molar-refractivity contribution in [2.24, 2.45) is 11.8 Å². The minimum Gasteiger partial charge on any atom is -0.497 e. The Hall–Kier alpha value is -2.84. The molecular weight excluding hydrogens is 366 g/mol. The lowest BCUT2D eigenvalue weighted by Crippen LogP contribution is -2.28. The van der Waals surface area contributed by atoms with Crippen molar-refractivity contribution in [3.8, 4) is 5.75 Å². The highest BCUT2D eigenvalue weighted by atomic mass is 16.5. The van der Waals surface area contributed by atoms with E-state index in [-0.39, 0.29) is 0 Å². The molecule has 0 saturated carbocycles. The molecule has 0 unspecified atom stereocenters. The van der Waals surface area contributed by atoms with Gasteiger partial charge in [-0.1, -0.05) is 84.9 Å². The Balaban J connectivity index is 1.41. The zero-order chi connectivity index (χ0) is 20.3. The fourth-order valence-corrected chi connectivity index (χ4v) is 5.42. The minimum absolute atomic E-state index is 0.441. The molecule has 1 fully saturated rings. The lowest BCUT2D eigenvalue weighted by molar-refractivity contribution is 0.299. The van der Waals surface area contributed by atoms with E-state index in [2.05, 4.69) is 102 Å². The number of hydrogen-bond donors (Lipinski definition) is 0. The van der Waals surface area contributed by atoms with Crippen molar-refractivity contribution >= 4 is 0 Å². The third-order valence-electron chi connectivity index (χ3n) is 6.84. The molecule has 2 nitrogen and oxygen atoms in total. The Morgan fingerprint density at radius 3 is 2.10 bits per heavy atom. The fraction of sp³-hybridized carbons (Fsp3) is 0.286. The molecule has 1 saturated heterocycles. The van der Waals surface area contributed by atoms with Crippen LogP contribution in [0.4, 0.5) is 0 Å². The monoisotopic (exact) mass is 395 g/mol. The van der Waals surface area contributed by atoms with Crippen LogP contribution >= 0.6 is 0 Å². The molecule has 1 heterocycles. The second-order valence-corrected chi connectivity index (χ2v) is 8.63. The minimum atomic E-state index is 0.441. The number of nitrogens with zero attached hydrogens (tertiary/aromatic N) is 1. The first-order valence-electron chi connectivity index (χ1n) is 11.0. The summed E-state index contributed by atoms with van der Waals surface area (Å²) in [4.78, 5) is 2.63. The van der Waals surface area contributed by atoms with E-state index >= 15 is 0 Å². The summed E-state index contributed by atoms with van der Waals surface area (Å²) in [6.45, 7) is 3.28. The van der Waals surface area contributed by atoms with E-state index in [0.29, 0.717) is 23.7 Å². The number of rotatable bonds is 5. The van der Waals surface area contributed by atoms with Crippen LogP contribution in [0.5, 0.6) is 5.75 Å². The van der Waals surface area contributed by atoms with Gasteiger partial charge < -0.3 is 4.74 Å². The Kier molecular flexibility index (Phi) is 5.42. The number of fused-ring (bicyclic) bond motifs is 1. The van der Waals surface area contributed by atoms with Gasteiger partial charge in [0.15, 0.2) is 0 Å². The highest BCUT2D eigenvalue weighted by Gasteiger charge is 2.42. The van der Waals surface area contributed by atoms with Gasteiger partial charge in [-0.2, -0.15) is 0 Å². The van der Waals surface area contributed by atoms with Gasteiger partial charge in [-0.05, 0) is 46.6 Å². The molecule has 0 aromatic heterocycles. The molecule has 0 amide bonds. The van der Waals surface area contributed by atoms with Gasteiger partial charge in [0.2, 0.25) is 0 Å². The van der Waals surface area contributed by atoms with Gasteiger partial charge in [-0.25, -0.2) is 0 Å². The van der Waals surface area contributed by atoms with Gasteiger partial charge in [-0.3, -0.25) is 4.90 Å². The Bertz CT molecular complexity index is 980. The zero-order valence-electron chi connectivity index (χ0n) is 17.5. The largest absolute Gasteiger partial charge is 0.497 e. The lowest BCUT2D eigenvalue weighted by Gasteiger charge is -2.36. The molecule has 5 rings (SSSR count). The number of hydrogen-bond acceptors (Lipinski definition) is 2. The van der Waals surface area contributed by atoms with Crippen molar-refractivity contribution in [2.45, 2.75) is 18.4 Å². The van der Waals surface area contributed by atoms with Gasteiger partial charge in [0.25, 0.3) is 0 Å². The Labute approximate surface area is 179 Å². The number of ether oxygens (including phenoxy) is 1. The molecule has 30 heavy (non-hydrogen) atoms. The Morgan fingerprint density at radius 1 is 0.767 bits per heavy atom. The number of methoxy groups -OCH3 is 1. The van der Waals surface area contributed by atoms with Gasteiger partial charge in [0, 0.05) is 25.6 Å². The predicted octanol–water partition coefficient (Wildman–Crippen LogP) is 5.88. The average Bonchev–Trinajstić information content (AvgIpc) is 3.22. The van der Waals surface area contributed by atoms with Crippen molar-refractivity contribution in [1.82, 2.24) is 4.90 Å². The first-order valence-corrected chi connectivity index (χ1v) is 11.0. The van der Waals surface area contributed by atoms with Crippen LogP contribution in [-0.2, 0) is 6.54 Å². The van der Waals surface area contributed by atoms with Crippen molar-refractivity contribution in [3.63, 3.8) is 0 Å². The summed E-state index contributed by atoms with van der Waals surface area (Å²) in [6.07, 6.45) is 4.97. The molecule has 0 N–H and O–H groups in total. The second kappa shape index (κ2) is 8.49. The molecular formula is C28H29NO. The summed E-state index contributed by atoms with van der Waals surface area (Å²) in [5, 5.41) is 0. The molecule has 4 atom stereocenters. The summed E-state index contributed by atoms with van der Waals surface area (Å²) in [6, 6.07) is 30.7. The molecule has 3 aromatic carbocycles. The third-order valence-corrected chi connectivity index (χ3v) is 6.84.